The number of sulfone groups is 1. The van der Waals surface area contributed by atoms with Crippen LogP contribution in [0.1, 0.15) is 24.1 Å². The molecule has 0 saturated carbocycles. The second-order valence-corrected chi connectivity index (χ2v) is 6.44. The molecule has 0 spiro atoms. The van der Waals surface area contributed by atoms with Crippen molar-refractivity contribution in [3.63, 3.8) is 0 Å². The lowest BCUT2D eigenvalue weighted by molar-refractivity contribution is 0.533. The lowest BCUT2D eigenvalue weighted by atomic mass is 10.0. The zero-order valence-corrected chi connectivity index (χ0v) is 10.9. The molecule has 0 bridgehead atoms. The van der Waals surface area contributed by atoms with Gasteiger partial charge in [0.05, 0.1) is 5.75 Å². The van der Waals surface area contributed by atoms with Crippen LogP contribution in [0.15, 0.2) is 35.7 Å². The predicted molar refractivity (Wildman–Crippen MR) is 69.4 cm³/mol. The molecule has 0 saturated heterocycles. The van der Waals surface area contributed by atoms with Crippen molar-refractivity contribution < 1.29 is 8.42 Å². The van der Waals surface area contributed by atoms with Gasteiger partial charge in [-0.05, 0) is 25.0 Å². The third kappa shape index (κ3) is 2.96. The normalized spacial score (nSPS) is 23.8. The van der Waals surface area contributed by atoms with Gasteiger partial charge in [-0.25, -0.2) is 8.42 Å². The first-order valence-corrected chi connectivity index (χ1v) is 7.42. The van der Waals surface area contributed by atoms with E-state index >= 15 is 0 Å². The Kier molecular flexibility index (Phi) is 3.35. The summed E-state index contributed by atoms with van der Waals surface area (Å²) in [6.07, 6.45) is 1.73. The van der Waals surface area contributed by atoms with Crippen LogP contribution in [0.2, 0.25) is 0 Å². The van der Waals surface area contributed by atoms with Gasteiger partial charge >= 0.3 is 0 Å². The monoisotopic (exact) mass is 251 g/mol. The van der Waals surface area contributed by atoms with Gasteiger partial charge in [-0.3, -0.25) is 0 Å². The van der Waals surface area contributed by atoms with Gasteiger partial charge in [-0.2, -0.15) is 0 Å². The number of benzene rings is 1. The molecule has 3 nitrogen and oxygen atoms in total. The molecule has 1 N–H and O–H groups in total. The van der Waals surface area contributed by atoms with Gasteiger partial charge in [0.2, 0.25) is 0 Å². The molecule has 0 aliphatic carbocycles. The fourth-order valence-corrected chi connectivity index (χ4v) is 3.41. The molecule has 1 heterocycles. The Morgan fingerprint density at radius 1 is 1.35 bits per heavy atom. The molecule has 1 aliphatic rings. The Labute approximate surface area is 102 Å². The topological polar surface area (TPSA) is 46.2 Å². The average Bonchev–Trinajstić information content (AvgIpc) is 2.58. The molecular weight excluding hydrogens is 234 g/mol. The van der Waals surface area contributed by atoms with Gasteiger partial charge in [0.15, 0.2) is 9.84 Å². The molecule has 0 radical (unpaired) electrons. The standard InChI is InChI=1S/C13H17NO2S/c1-10-5-3-4-6-13(10)11(2)14-12-7-8-17(15,16)9-12/h3-8,11-12,14H,9H2,1-2H3. The van der Waals surface area contributed by atoms with Crippen LogP contribution in [0.3, 0.4) is 0 Å². The summed E-state index contributed by atoms with van der Waals surface area (Å²) in [4.78, 5) is 0. The molecule has 0 aromatic heterocycles. The Morgan fingerprint density at radius 2 is 2.06 bits per heavy atom. The Morgan fingerprint density at radius 3 is 2.65 bits per heavy atom. The van der Waals surface area contributed by atoms with Gasteiger partial charge in [-0.15, -0.1) is 0 Å². The van der Waals surface area contributed by atoms with E-state index in [1.165, 1.54) is 16.5 Å². The highest BCUT2D eigenvalue weighted by molar-refractivity contribution is 7.94. The fraction of sp³-hybridized carbons (Fsp3) is 0.385. The average molecular weight is 251 g/mol. The van der Waals surface area contributed by atoms with Crippen molar-refractivity contribution in [1.82, 2.24) is 5.32 Å². The SMILES string of the molecule is Cc1ccccc1C(C)NC1C=CS(=O)(=O)C1. The maximum Gasteiger partial charge on any atom is 0.173 e. The summed E-state index contributed by atoms with van der Waals surface area (Å²) in [6.45, 7) is 4.12. The van der Waals surface area contributed by atoms with Crippen molar-refractivity contribution in [1.29, 1.82) is 0 Å². The summed E-state index contributed by atoms with van der Waals surface area (Å²) in [6, 6.07) is 8.22. The van der Waals surface area contributed by atoms with Gasteiger partial charge in [0, 0.05) is 17.5 Å². The molecular formula is C13H17NO2S. The van der Waals surface area contributed by atoms with E-state index in [0.717, 1.165) is 0 Å². The van der Waals surface area contributed by atoms with E-state index in [1.54, 1.807) is 6.08 Å². The van der Waals surface area contributed by atoms with E-state index in [2.05, 4.69) is 31.3 Å². The highest BCUT2D eigenvalue weighted by Gasteiger charge is 2.23. The third-order valence-electron chi connectivity index (χ3n) is 3.05. The van der Waals surface area contributed by atoms with Crippen molar-refractivity contribution in [3.8, 4) is 0 Å². The summed E-state index contributed by atoms with van der Waals surface area (Å²) in [5, 5.41) is 4.63. The predicted octanol–water partition coefficient (Wildman–Crippen LogP) is 1.96. The zero-order chi connectivity index (χ0) is 12.5. The second kappa shape index (κ2) is 4.63. The minimum atomic E-state index is -2.98. The van der Waals surface area contributed by atoms with E-state index in [1.807, 2.05) is 12.1 Å². The maximum absolute atomic E-state index is 11.3. The number of hydrogen-bond acceptors (Lipinski definition) is 3. The van der Waals surface area contributed by atoms with Crippen LogP contribution >= 0.6 is 0 Å². The van der Waals surface area contributed by atoms with Crippen molar-refractivity contribution in [2.24, 2.45) is 0 Å². The lowest BCUT2D eigenvalue weighted by Crippen LogP contribution is -2.32. The van der Waals surface area contributed by atoms with E-state index in [0.29, 0.717) is 0 Å². The molecule has 1 aromatic carbocycles. The molecule has 2 rings (SSSR count). The summed E-state index contributed by atoms with van der Waals surface area (Å²) in [5.74, 6) is 0.170. The molecule has 0 fully saturated rings. The lowest BCUT2D eigenvalue weighted by Gasteiger charge is -2.19. The molecule has 1 aromatic rings. The first kappa shape index (κ1) is 12.3. The zero-order valence-electron chi connectivity index (χ0n) is 10.1. The van der Waals surface area contributed by atoms with Crippen LogP contribution < -0.4 is 5.32 Å². The quantitative estimate of drug-likeness (QED) is 0.893. The summed E-state index contributed by atoms with van der Waals surface area (Å²) >= 11 is 0. The number of hydrogen-bond donors (Lipinski definition) is 1. The summed E-state index contributed by atoms with van der Waals surface area (Å²) in [7, 11) is -2.98. The molecule has 92 valence electrons. The van der Waals surface area contributed by atoms with Crippen LogP contribution in [0, 0.1) is 6.92 Å². The van der Waals surface area contributed by atoms with Crippen LogP contribution in [-0.2, 0) is 9.84 Å². The van der Waals surface area contributed by atoms with Crippen molar-refractivity contribution in [2.75, 3.05) is 5.75 Å². The van der Waals surface area contributed by atoms with E-state index in [4.69, 9.17) is 0 Å². The first-order valence-electron chi connectivity index (χ1n) is 5.70. The number of aryl methyl sites for hydroxylation is 1. The number of rotatable bonds is 3. The van der Waals surface area contributed by atoms with E-state index in [9.17, 15) is 8.42 Å². The molecule has 1 aliphatic heterocycles. The minimum Gasteiger partial charge on any atom is -0.303 e. The molecule has 0 amide bonds. The van der Waals surface area contributed by atoms with Crippen LogP contribution in [-0.4, -0.2) is 20.2 Å². The Hall–Kier alpha value is -1.13. The highest BCUT2D eigenvalue weighted by atomic mass is 32.2. The van der Waals surface area contributed by atoms with Crippen molar-refractivity contribution in [2.45, 2.75) is 25.9 Å². The van der Waals surface area contributed by atoms with Gasteiger partial charge in [0.1, 0.15) is 0 Å². The largest absolute Gasteiger partial charge is 0.303 e. The van der Waals surface area contributed by atoms with Crippen LogP contribution in [0.25, 0.3) is 0 Å². The maximum atomic E-state index is 11.3. The Balaban J connectivity index is 2.06. The van der Waals surface area contributed by atoms with Crippen molar-refractivity contribution in [3.05, 3.63) is 46.9 Å². The fourth-order valence-electron chi connectivity index (χ4n) is 2.16. The van der Waals surface area contributed by atoms with Gasteiger partial charge in [0.25, 0.3) is 0 Å². The smallest absolute Gasteiger partial charge is 0.173 e. The van der Waals surface area contributed by atoms with E-state index < -0.39 is 9.84 Å². The molecule has 2 unspecified atom stereocenters. The molecule has 4 heteroatoms. The number of nitrogens with one attached hydrogen (secondary N) is 1. The van der Waals surface area contributed by atoms with Crippen molar-refractivity contribution >= 4 is 9.84 Å². The first-order chi connectivity index (χ1) is 7.98. The van der Waals surface area contributed by atoms with E-state index in [-0.39, 0.29) is 17.8 Å². The van der Waals surface area contributed by atoms with Crippen LogP contribution in [0.4, 0.5) is 0 Å². The minimum absolute atomic E-state index is 0.0744. The highest BCUT2D eigenvalue weighted by Crippen LogP contribution is 2.19. The second-order valence-electron chi connectivity index (χ2n) is 4.51. The Bertz CT molecular complexity index is 534. The summed E-state index contributed by atoms with van der Waals surface area (Å²) < 4.78 is 22.6. The molecule has 2 atom stereocenters. The summed E-state index contributed by atoms with van der Waals surface area (Å²) in [5.41, 5.74) is 2.43. The van der Waals surface area contributed by atoms with Crippen LogP contribution in [0.5, 0.6) is 0 Å². The van der Waals surface area contributed by atoms with Gasteiger partial charge < -0.3 is 5.32 Å². The third-order valence-corrected chi connectivity index (χ3v) is 4.44. The molecule has 17 heavy (non-hydrogen) atoms. The van der Waals surface area contributed by atoms with Gasteiger partial charge in [-0.1, -0.05) is 30.3 Å².